The number of rotatable bonds is 8. The van der Waals surface area contributed by atoms with Gasteiger partial charge in [-0.25, -0.2) is 9.37 Å². The van der Waals surface area contributed by atoms with Gasteiger partial charge in [-0.05, 0) is 60.4 Å². The van der Waals surface area contributed by atoms with E-state index in [1.54, 1.807) is 36.2 Å². The van der Waals surface area contributed by atoms with E-state index < -0.39 is 11.7 Å². The molecule has 4 rings (SSSR count). The van der Waals surface area contributed by atoms with Crippen LogP contribution in [0.5, 0.6) is 0 Å². The number of ether oxygens (including phenoxy) is 1. The van der Waals surface area contributed by atoms with E-state index in [-0.39, 0.29) is 24.7 Å². The van der Waals surface area contributed by atoms with Gasteiger partial charge in [-0.15, -0.1) is 11.8 Å². The highest BCUT2D eigenvalue weighted by Gasteiger charge is 2.30. The van der Waals surface area contributed by atoms with Crippen LogP contribution in [0.25, 0.3) is 11.4 Å². The zero-order valence-electron chi connectivity index (χ0n) is 18.1. The predicted octanol–water partition coefficient (Wildman–Crippen LogP) is 5.49. The number of hydrogen-bond acceptors (Lipinski definition) is 6. The fraction of sp³-hybridized carbons (Fsp3) is 0.208. The molecular weight excluding hydrogens is 468 g/mol. The molecule has 0 bridgehead atoms. The third-order valence-electron chi connectivity index (χ3n) is 5.10. The van der Waals surface area contributed by atoms with E-state index in [4.69, 9.17) is 4.74 Å². The molecule has 0 amide bonds. The lowest BCUT2D eigenvalue weighted by atomic mass is 10.1. The Kier molecular flexibility index (Phi) is 7.28. The number of thioether (sulfide) groups is 1. The average molecular weight is 491 g/mol. The standard InChI is InChI=1S/C24H22F4N4OS/c1-34-23-31-21(16-5-7-19(25)8-6-16)22(32-23)17-9-10-29-20(12-17)30-14-33-13-15-3-2-4-18(11-15)24(26,27)28/h2-12,23,31-32H,13-14H2,1H3,(H,29,30). The molecule has 5 nitrogen and oxygen atoms in total. The topological polar surface area (TPSA) is 58.2 Å². The predicted molar refractivity (Wildman–Crippen MR) is 126 cm³/mol. The fourth-order valence-corrected chi connectivity index (χ4v) is 3.92. The van der Waals surface area contributed by atoms with Crippen molar-refractivity contribution in [3.8, 4) is 0 Å². The van der Waals surface area contributed by atoms with Crippen LogP contribution in [0.1, 0.15) is 22.3 Å². The molecule has 0 aliphatic carbocycles. The SMILES string of the molecule is CSC1NC(c2ccc(F)cc2)=C(c2ccnc(NCOCc3cccc(C(F)(F)F)c3)c2)N1. The van der Waals surface area contributed by atoms with Gasteiger partial charge in [0.1, 0.15) is 23.9 Å². The highest BCUT2D eigenvalue weighted by Crippen LogP contribution is 2.31. The Morgan fingerprint density at radius 3 is 2.44 bits per heavy atom. The van der Waals surface area contributed by atoms with Gasteiger partial charge in [0.25, 0.3) is 0 Å². The van der Waals surface area contributed by atoms with Crippen molar-refractivity contribution in [3.63, 3.8) is 0 Å². The molecule has 0 fully saturated rings. The molecule has 0 spiro atoms. The minimum atomic E-state index is -4.39. The summed E-state index contributed by atoms with van der Waals surface area (Å²) in [4.78, 5) is 4.28. The molecule has 3 N–H and O–H groups in total. The Balaban J connectivity index is 1.43. The van der Waals surface area contributed by atoms with Crippen molar-refractivity contribution >= 4 is 29.0 Å². The molecule has 178 valence electrons. The molecule has 3 aromatic rings. The first kappa shape index (κ1) is 23.9. The number of anilines is 1. The Hall–Kier alpha value is -3.24. The minimum Gasteiger partial charge on any atom is -0.357 e. The second kappa shape index (κ2) is 10.4. The average Bonchev–Trinajstić information content (AvgIpc) is 3.27. The lowest BCUT2D eigenvalue weighted by molar-refractivity contribution is -0.137. The summed E-state index contributed by atoms with van der Waals surface area (Å²) in [6, 6.07) is 15.0. The quantitative estimate of drug-likeness (QED) is 0.221. The molecule has 0 saturated carbocycles. The zero-order valence-corrected chi connectivity index (χ0v) is 18.9. The molecule has 10 heteroatoms. The maximum atomic E-state index is 13.4. The molecule has 1 unspecified atom stereocenters. The Labute approximate surface area is 198 Å². The molecular formula is C24H22F4N4OS. The number of hydrogen-bond donors (Lipinski definition) is 3. The van der Waals surface area contributed by atoms with E-state index in [1.807, 2.05) is 18.4 Å². The monoisotopic (exact) mass is 490 g/mol. The summed E-state index contributed by atoms with van der Waals surface area (Å²) in [7, 11) is 0. The smallest absolute Gasteiger partial charge is 0.357 e. The number of benzene rings is 2. The number of alkyl halides is 3. The highest BCUT2D eigenvalue weighted by atomic mass is 32.2. The lowest BCUT2D eigenvalue weighted by Crippen LogP contribution is -2.28. The van der Waals surface area contributed by atoms with E-state index in [0.717, 1.165) is 34.7 Å². The van der Waals surface area contributed by atoms with Crippen molar-refractivity contribution in [1.29, 1.82) is 0 Å². The van der Waals surface area contributed by atoms with Gasteiger partial charge in [0, 0.05) is 17.3 Å². The normalized spacial score (nSPS) is 15.7. The number of nitrogens with zero attached hydrogens (tertiary/aromatic N) is 1. The number of pyridine rings is 1. The second-order valence-electron chi connectivity index (χ2n) is 7.46. The van der Waals surface area contributed by atoms with Gasteiger partial charge < -0.3 is 20.7 Å². The van der Waals surface area contributed by atoms with Gasteiger partial charge in [0.15, 0.2) is 0 Å². The Morgan fingerprint density at radius 1 is 1.00 bits per heavy atom. The molecule has 1 aliphatic heterocycles. The summed E-state index contributed by atoms with van der Waals surface area (Å²) < 4.78 is 57.4. The molecule has 0 radical (unpaired) electrons. The molecule has 34 heavy (non-hydrogen) atoms. The van der Waals surface area contributed by atoms with Crippen LogP contribution >= 0.6 is 11.8 Å². The summed E-state index contributed by atoms with van der Waals surface area (Å²) in [5, 5.41) is 9.84. The third kappa shape index (κ3) is 5.81. The van der Waals surface area contributed by atoms with Gasteiger partial charge in [0.05, 0.1) is 23.6 Å². The first-order valence-electron chi connectivity index (χ1n) is 10.3. The Bertz CT molecular complexity index is 1170. The maximum Gasteiger partial charge on any atom is 0.416 e. The summed E-state index contributed by atoms with van der Waals surface area (Å²) in [6.07, 6.45) is -0.774. The van der Waals surface area contributed by atoms with Crippen molar-refractivity contribution in [2.45, 2.75) is 18.3 Å². The van der Waals surface area contributed by atoms with Crippen LogP contribution < -0.4 is 16.0 Å². The second-order valence-corrected chi connectivity index (χ2v) is 8.40. The van der Waals surface area contributed by atoms with Gasteiger partial charge in [-0.1, -0.05) is 12.1 Å². The summed E-state index contributed by atoms with van der Waals surface area (Å²) >= 11 is 1.59. The first-order chi connectivity index (χ1) is 16.3. The number of halogens is 4. The maximum absolute atomic E-state index is 13.4. The van der Waals surface area contributed by atoms with Crippen LogP contribution in [-0.2, 0) is 17.5 Å². The van der Waals surface area contributed by atoms with Gasteiger partial charge in [0.2, 0.25) is 0 Å². The van der Waals surface area contributed by atoms with Crippen molar-refractivity contribution in [2.75, 3.05) is 18.3 Å². The van der Waals surface area contributed by atoms with Crippen LogP contribution in [-0.4, -0.2) is 23.5 Å². The van der Waals surface area contributed by atoms with E-state index in [1.165, 1.54) is 18.2 Å². The van der Waals surface area contributed by atoms with E-state index in [0.29, 0.717) is 11.4 Å². The van der Waals surface area contributed by atoms with E-state index in [9.17, 15) is 17.6 Å². The van der Waals surface area contributed by atoms with Gasteiger partial charge in [-0.2, -0.15) is 13.2 Å². The molecule has 2 aromatic carbocycles. The highest BCUT2D eigenvalue weighted by molar-refractivity contribution is 7.99. The summed E-state index contributed by atoms with van der Waals surface area (Å²) in [6.45, 7) is 0.0903. The molecule has 2 heterocycles. The molecule has 1 atom stereocenters. The van der Waals surface area contributed by atoms with Gasteiger partial charge >= 0.3 is 6.18 Å². The molecule has 0 saturated heterocycles. The molecule has 1 aromatic heterocycles. The van der Waals surface area contributed by atoms with Crippen molar-refractivity contribution in [3.05, 3.63) is 94.9 Å². The van der Waals surface area contributed by atoms with Crippen LogP contribution in [0, 0.1) is 5.82 Å². The van der Waals surface area contributed by atoms with Crippen LogP contribution in [0.3, 0.4) is 0 Å². The van der Waals surface area contributed by atoms with E-state index in [2.05, 4.69) is 20.9 Å². The van der Waals surface area contributed by atoms with Crippen LogP contribution in [0.15, 0.2) is 66.9 Å². The van der Waals surface area contributed by atoms with Crippen LogP contribution in [0.4, 0.5) is 23.4 Å². The largest absolute Gasteiger partial charge is 0.416 e. The van der Waals surface area contributed by atoms with Crippen molar-refractivity contribution in [2.24, 2.45) is 0 Å². The number of aromatic nitrogens is 1. The van der Waals surface area contributed by atoms with Gasteiger partial charge in [-0.3, -0.25) is 0 Å². The van der Waals surface area contributed by atoms with E-state index >= 15 is 0 Å². The zero-order chi connectivity index (χ0) is 24.1. The summed E-state index contributed by atoms with van der Waals surface area (Å²) in [5.41, 5.74) is 3.07. The fourth-order valence-electron chi connectivity index (χ4n) is 3.45. The molecule has 1 aliphatic rings. The van der Waals surface area contributed by atoms with Crippen LogP contribution in [0.2, 0.25) is 0 Å². The third-order valence-corrected chi connectivity index (χ3v) is 5.80. The lowest BCUT2D eigenvalue weighted by Gasteiger charge is -2.12. The van der Waals surface area contributed by atoms with Crippen molar-refractivity contribution < 1.29 is 22.3 Å². The minimum absolute atomic E-state index is 0.0252. The Morgan fingerprint density at radius 2 is 1.74 bits per heavy atom. The first-order valence-corrected chi connectivity index (χ1v) is 11.6. The van der Waals surface area contributed by atoms with Crippen molar-refractivity contribution in [1.82, 2.24) is 15.6 Å². The summed E-state index contributed by atoms with van der Waals surface area (Å²) in [5.74, 6) is 0.237. The number of nitrogens with one attached hydrogen (secondary N) is 3.